The molecule has 0 amide bonds. The Hall–Kier alpha value is -2.04. The third-order valence-electron chi connectivity index (χ3n) is 2.67. The number of rotatable bonds is 6. The zero-order chi connectivity index (χ0) is 13.7. The molecule has 5 heteroatoms. The molecule has 0 unspecified atom stereocenters. The van der Waals surface area contributed by atoms with Crippen LogP contribution in [0.25, 0.3) is 0 Å². The lowest BCUT2D eigenvalue weighted by atomic mass is 10.1. The minimum absolute atomic E-state index is 0.471. The van der Waals surface area contributed by atoms with Gasteiger partial charge in [0.05, 0.1) is 7.11 Å². The first-order chi connectivity index (χ1) is 9.19. The summed E-state index contributed by atoms with van der Waals surface area (Å²) >= 11 is 0. The Bertz CT molecular complexity index is 523. The second-order valence-corrected chi connectivity index (χ2v) is 4.78. The van der Waals surface area contributed by atoms with Crippen molar-refractivity contribution < 1.29 is 9.26 Å². The summed E-state index contributed by atoms with van der Waals surface area (Å²) in [4.78, 5) is 4.31. The molecule has 0 fully saturated rings. The number of hydrogen-bond acceptors (Lipinski definition) is 5. The maximum atomic E-state index is 5.30. The van der Waals surface area contributed by atoms with Gasteiger partial charge in [-0.1, -0.05) is 37.2 Å². The molecule has 0 saturated carbocycles. The van der Waals surface area contributed by atoms with Crippen LogP contribution >= 0.6 is 0 Å². The van der Waals surface area contributed by atoms with Gasteiger partial charge in [-0.3, -0.25) is 0 Å². The summed E-state index contributed by atoms with van der Waals surface area (Å²) in [5.41, 5.74) is 1.04. The third kappa shape index (κ3) is 3.71. The Morgan fingerprint density at radius 1 is 1.32 bits per heavy atom. The van der Waals surface area contributed by atoms with E-state index in [2.05, 4.69) is 29.3 Å². The summed E-state index contributed by atoms with van der Waals surface area (Å²) in [6, 6.07) is 8.30. The van der Waals surface area contributed by atoms with Gasteiger partial charge >= 0.3 is 6.01 Å². The first-order valence-corrected chi connectivity index (χ1v) is 6.37. The van der Waals surface area contributed by atoms with Crippen LogP contribution in [0.2, 0.25) is 0 Å². The molecule has 2 aromatic rings. The van der Waals surface area contributed by atoms with E-state index in [1.165, 1.54) is 0 Å². The number of hydrogen-bond donors (Lipinski definition) is 1. The molecule has 0 radical (unpaired) electrons. The van der Waals surface area contributed by atoms with Gasteiger partial charge in [-0.2, -0.15) is 4.98 Å². The largest absolute Gasteiger partial charge is 0.496 e. The Kier molecular flexibility index (Phi) is 4.39. The SMILES string of the molecule is COc1ccccc1Cc1noc(NCC(C)C)n1. The average molecular weight is 261 g/mol. The molecule has 0 spiro atoms. The number of ether oxygens (including phenoxy) is 1. The number of anilines is 1. The summed E-state index contributed by atoms with van der Waals surface area (Å²) < 4.78 is 10.4. The van der Waals surface area contributed by atoms with Gasteiger partial charge in [0.2, 0.25) is 0 Å². The maximum absolute atomic E-state index is 5.30. The minimum Gasteiger partial charge on any atom is -0.496 e. The van der Waals surface area contributed by atoms with Gasteiger partial charge in [-0.25, -0.2) is 0 Å². The predicted octanol–water partition coefficient (Wildman–Crippen LogP) is 2.74. The fourth-order valence-electron chi connectivity index (χ4n) is 1.71. The van der Waals surface area contributed by atoms with Gasteiger partial charge in [0.15, 0.2) is 5.82 Å². The lowest BCUT2D eigenvalue weighted by molar-refractivity contribution is 0.407. The molecular formula is C14H19N3O2. The van der Waals surface area contributed by atoms with E-state index in [1.54, 1.807) is 7.11 Å². The fourth-order valence-corrected chi connectivity index (χ4v) is 1.71. The fraction of sp³-hybridized carbons (Fsp3) is 0.429. The molecule has 1 aromatic carbocycles. The lowest BCUT2D eigenvalue weighted by Crippen LogP contribution is -2.08. The van der Waals surface area contributed by atoms with Gasteiger partial charge in [0.1, 0.15) is 5.75 Å². The van der Waals surface area contributed by atoms with Gasteiger partial charge in [-0.15, -0.1) is 0 Å². The zero-order valence-electron chi connectivity index (χ0n) is 11.5. The Morgan fingerprint density at radius 2 is 2.11 bits per heavy atom. The van der Waals surface area contributed by atoms with E-state index in [0.29, 0.717) is 24.2 Å². The molecule has 102 valence electrons. The first kappa shape index (κ1) is 13.4. The molecule has 0 bridgehead atoms. The van der Waals surface area contributed by atoms with Crippen molar-refractivity contribution >= 4 is 6.01 Å². The van der Waals surface area contributed by atoms with Crippen molar-refractivity contribution in [2.75, 3.05) is 19.0 Å². The van der Waals surface area contributed by atoms with Crippen LogP contribution in [0.1, 0.15) is 25.2 Å². The summed E-state index contributed by atoms with van der Waals surface area (Å²) in [7, 11) is 1.66. The van der Waals surface area contributed by atoms with Crippen LogP contribution in [-0.4, -0.2) is 23.8 Å². The van der Waals surface area contributed by atoms with E-state index in [-0.39, 0.29) is 0 Å². The highest BCUT2D eigenvalue weighted by Gasteiger charge is 2.09. The monoisotopic (exact) mass is 261 g/mol. The molecule has 0 aliphatic carbocycles. The molecule has 0 saturated heterocycles. The van der Waals surface area contributed by atoms with Gasteiger partial charge in [0, 0.05) is 18.5 Å². The summed E-state index contributed by atoms with van der Waals surface area (Å²) in [6.07, 6.45) is 0.594. The molecule has 1 aromatic heterocycles. The smallest absolute Gasteiger partial charge is 0.321 e. The molecule has 5 nitrogen and oxygen atoms in total. The van der Waals surface area contributed by atoms with Gasteiger partial charge in [-0.05, 0) is 12.0 Å². The normalized spacial score (nSPS) is 10.7. The van der Waals surface area contributed by atoms with E-state index in [4.69, 9.17) is 9.26 Å². The molecule has 0 aliphatic rings. The zero-order valence-corrected chi connectivity index (χ0v) is 11.5. The summed E-state index contributed by atoms with van der Waals surface area (Å²) in [6.45, 7) is 5.06. The second kappa shape index (κ2) is 6.22. The highest BCUT2D eigenvalue weighted by atomic mass is 16.5. The van der Waals surface area contributed by atoms with Crippen molar-refractivity contribution in [3.8, 4) is 5.75 Å². The molecule has 1 N–H and O–H groups in total. The first-order valence-electron chi connectivity index (χ1n) is 6.37. The molecule has 1 heterocycles. The number of aromatic nitrogens is 2. The maximum Gasteiger partial charge on any atom is 0.321 e. The second-order valence-electron chi connectivity index (χ2n) is 4.78. The Balaban J connectivity index is 2.03. The van der Waals surface area contributed by atoms with E-state index in [0.717, 1.165) is 17.9 Å². The van der Waals surface area contributed by atoms with E-state index in [1.807, 2.05) is 24.3 Å². The molecule has 2 rings (SSSR count). The molecule has 19 heavy (non-hydrogen) atoms. The van der Waals surface area contributed by atoms with Crippen LogP contribution in [-0.2, 0) is 6.42 Å². The van der Waals surface area contributed by atoms with Gasteiger partial charge < -0.3 is 14.6 Å². The average Bonchev–Trinajstić information content (AvgIpc) is 2.85. The number of nitrogens with one attached hydrogen (secondary N) is 1. The van der Waals surface area contributed by atoms with Crippen molar-refractivity contribution in [2.45, 2.75) is 20.3 Å². The highest BCUT2D eigenvalue weighted by molar-refractivity contribution is 5.35. The Labute approximate surface area is 113 Å². The number of para-hydroxylation sites is 1. The third-order valence-corrected chi connectivity index (χ3v) is 2.67. The van der Waals surface area contributed by atoms with Crippen molar-refractivity contribution in [3.05, 3.63) is 35.7 Å². The van der Waals surface area contributed by atoms with Crippen LogP contribution < -0.4 is 10.1 Å². The van der Waals surface area contributed by atoms with E-state index in [9.17, 15) is 0 Å². The van der Waals surface area contributed by atoms with Crippen LogP contribution in [0.4, 0.5) is 6.01 Å². The number of benzene rings is 1. The van der Waals surface area contributed by atoms with E-state index >= 15 is 0 Å². The standard InChI is InChI=1S/C14H19N3O2/c1-10(2)9-15-14-16-13(17-19-14)8-11-6-4-5-7-12(11)18-3/h4-7,10H,8-9H2,1-3H3,(H,15,16,17). The van der Waals surface area contributed by atoms with Crippen molar-refractivity contribution in [3.63, 3.8) is 0 Å². The molecule has 0 atom stereocenters. The Morgan fingerprint density at radius 3 is 2.84 bits per heavy atom. The van der Waals surface area contributed by atoms with Crippen molar-refractivity contribution in [2.24, 2.45) is 5.92 Å². The molecule has 0 aliphatic heterocycles. The van der Waals surface area contributed by atoms with Crippen molar-refractivity contribution in [1.82, 2.24) is 10.1 Å². The quantitative estimate of drug-likeness (QED) is 0.866. The van der Waals surface area contributed by atoms with E-state index < -0.39 is 0 Å². The lowest BCUT2D eigenvalue weighted by Gasteiger charge is -2.05. The number of methoxy groups -OCH3 is 1. The van der Waals surface area contributed by atoms with Crippen LogP contribution in [0.5, 0.6) is 5.75 Å². The van der Waals surface area contributed by atoms with Crippen LogP contribution in [0.15, 0.2) is 28.8 Å². The number of nitrogens with zero attached hydrogens (tertiary/aromatic N) is 2. The van der Waals surface area contributed by atoms with Crippen molar-refractivity contribution in [1.29, 1.82) is 0 Å². The molecular weight excluding hydrogens is 242 g/mol. The van der Waals surface area contributed by atoms with Crippen LogP contribution in [0, 0.1) is 5.92 Å². The van der Waals surface area contributed by atoms with Crippen LogP contribution in [0.3, 0.4) is 0 Å². The highest BCUT2D eigenvalue weighted by Crippen LogP contribution is 2.20. The minimum atomic E-state index is 0.471. The summed E-state index contributed by atoms with van der Waals surface area (Å²) in [5.74, 6) is 2.02. The van der Waals surface area contributed by atoms with Gasteiger partial charge in [0.25, 0.3) is 0 Å². The predicted molar refractivity (Wildman–Crippen MR) is 73.4 cm³/mol. The topological polar surface area (TPSA) is 60.2 Å². The summed E-state index contributed by atoms with van der Waals surface area (Å²) in [5, 5.41) is 7.07.